The molecule has 3 aromatic carbocycles. The Morgan fingerprint density at radius 3 is 1.97 bits per heavy atom. The van der Waals surface area contributed by atoms with E-state index in [0.717, 1.165) is 11.1 Å². The highest BCUT2D eigenvalue weighted by molar-refractivity contribution is 6.42. The van der Waals surface area contributed by atoms with Gasteiger partial charge in [0.2, 0.25) is 0 Å². The minimum atomic E-state index is -0.533. The molecule has 1 amide bonds. The molecular formula is C21H19Cl2N3O5. The number of hydrogen-bond acceptors (Lipinski definition) is 6. The predicted octanol–water partition coefficient (Wildman–Crippen LogP) is 4.46. The molecule has 3 rings (SSSR count). The summed E-state index contributed by atoms with van der Waals surface area (Å²) in [7, 11) is 0. The topological polar surface area (TPSA) is 139 Å². The normalized spacial score (nSPS) is 10.1. The van der Waals surface area contributed by atoms with Crippen LogP contribution in [0.4, 0.5) is 11.4 Å². The minimum absolute atomic E-state index is 0.00356. The van der Waals surface area contributed by atoms with Crippen molar-refractivity contribution in [3.63, 3.8) is 0 Å². The van der Waals surface area contributed by atoms with Crippen molar-refractivity contribution in [2.24, 2.45) is 5.73 Å². The van der Waals surface area contributed by atoms with Crippen molar-refractivity contribution >= 4 is 40.5 Å². The van der Waals surface area contributed by atoms with Crippen LogP contribution < -0.4 is 11.1 Å². The third kappa shape index (κ3) is 6.66. The molecule has 0 bridgehead atoms. The maximum absolute atomic E-state index is 12.3. The van der Waals surface area contributed by atoms with E-state index in [-0.39, 0.29) is 33.7 Å². The van der Waals surface area contributed by atoms with Crippen LogP contribution in [-0.2, 0) is 0 Å². The number of carbonyl (C=O) groups is 1. The zero-order valence-corrected chi connectivity index (χ0v) is 17.6. The molecule has 0 aliphatic carbocycles. The molecule has 0 saturated carbocycles. The lowest BCUT2D eigenvalue weighted by Crippen LogP contribution is -2.12. The van der Waals surface area contributed by atoms with Gasteiger partial charge in [0, 0.05) is 30.4 Å². The quantitative estimate of drug-likeness (QED) is 0.325. The van der Waals surface area contributed by atoms with E-state index in [4.69, 9.17) is 34.0 Å². The Morgan fingerprint density at radius 1 is 1.00 bits per heavy atom. The van der Waals surface area contributed by atoms with Gasteiger partial charge in [-0.15, -0.1) is 0 Å². The van der Waals surface area contributed by atoms with Crippen molar-refractivity contribution in [2.45, 2.75) is 0 Å². The Morgan fingerprint density at radius 2 is 1.48 bits per heavy atom. The highest BCUT2D eigenvalue weighted by Gasteiger charge is 2.14. The van der Waals surface area contributed by atoms with E-state index in [1.54, 1.807) is 36.4 Å². The molecular weight excluding hydrogens is 445 g/mol. The number of phenols is 1. The third-order valence-electron chi connectivity index (χ3n) is 3.97. The second kappa shape index (κ2) is 11.3. The molecule has 31 heavy (non-hydrogen) atoms. The van der Waals surface area contributed by atoms with E-state index in [1.165, 1.54) is 24.3 Å². The van der Waals surface area contributed by atoms with Gasteiger partial charge in [-0.3, -0.25) is 14.9 Å². The summed E-state index contributed by atoms with van der Waals surface area (Å²) in [6, 6.07) is 15.6. The van der Waals surface area contributed by atoms with Crippen LogP contribution in [0.5, 0.6) is 5.75 Å². The van der Waals surface area contributed by atoms with Crippen LogP contribution in [0, 0.1) is 10.1 Å². The number of amides is 1. The molecule has 0 saturated heterocycles. The fourth-order valence-electron chi connectivity index (χ4n) is 2.44. The van der Waals surface area contributed by atoms with Crippen LogP contribution in [0.1, 0.15) is 10.4 Å². The lowest BCUT2D eigenvalue weighted by atomic mass is 10.0. The smallest absolute Gasteiger partial charge is 0.269 e. The van der Waals surface area contributed by atoms with Gasteiger partial charge in [0.05, 0.1) is 27.1 Å². The number of non-ortho nitro benzene ring substituents is 1. The van der Waals surface area contributed by atoms with Crippen molar-refractivity contribution in [1.82, 2.24) is 0 Å². The van der Waals surface area contributed by atoms with Crippen LogP contribution >= 0.6 is 23.2 Å². The lowest BCUT2D eigenvalue weighted by Gasteiger charge is -2.09. The van der Waals surface area contributed by atoms with Crippen molar-refractivity contribution in [3.8, 4) is 16.9 Å². The highest BCUT2D eigenvalue weighted by Crippen LogP contribution is 2.30. The number of nitrogens with two attached hydrogens (primary N) is 1. The summed E-state index contributed by atoms with van der Waals surface area (Å²) in [5, 5.41) is 31.3. The first-order valence-corrected chi connectivity index (χ1v) is 9.67. The highest BCUT2D eigenvalue weighted by atomic mass is 35.5. The number of halogens is 2. The Hall–Kier alpha value is -3.17. The molecule has 10 heteroatoms. The number of nitrogens with one attached hydrogen (secondary N) is 1. The average Bonchev–Trinajstić information content (AvgIpc) is 2.77. The van der Waals surface area contributed by atoms with Gasteiger partial charge >= 0.3 is 0 Å². The summed E-state index contributed by atoms with van der Waals surface area (Å²) in [5.74, 6) is -0.807. The molecule has 5 N–H and O–H groups in total. The Kier molecular flexibility index (Phi) is 8.77. The molecule has 0 atom stereocenters. The monoisotopic (exact) mass is 463 g/mol. The molecule has 0 aromatic heterocycles. The second-order valence-electron chi connectivity index (χ2n) is 6.13. The van der Waals surface area contributed by atoms with E-state index >= 15 is 0 Å². The number of aliphatic hydroxyl groups is 1. The van der Waals surface area contributed by atoms with E-state index in [0.29, 0.717) is 12.2 Å². The van der Waals surface area contributed by atoms with E-state index in [2.05, 4.69) is 5.32 Å². The van der Waals surface area contributed by atoms with Crippen LogP contribution in [0.15, 0.2) is 60.7 Å². The molecule has 0 aliphatic rings. The third-order valence-corrected chi connectivity index (χ3v) is 4.69. The van der Waals surface area contributed by atoms with Crippen molar-refractivity contribution in [3.05, 3.63) is 86.4 Å². The summed E-state index contributed by atoms with van der Waals surface area (Å²) in [6.45, 7) is 0.472. The van der Waals surface area contributed by atoms with Crippen LogP contribution in [0.2, 0.25) is 10.0 Å². The van der Waals surface area contributed by atoms with Gasteiger partial charge in [-0.2, -0.15) is 0 Å². The van der Waals surface area contributed by atoms with Gasteiger partial charge in [0.25, 0.3) is 11.6 Å². The number of aliphatic hydroxyl groups excluding tert-OH is 1. The Balaban J connectivity index is 0.000000785. The summed E-state index contributed by atoms with van der Waals surface area (Å²) in [6.07, 6.45) is 0. The summed E-state index contributed by atoms with van der Waals surface area (Å²) < 4.78 is 0. The fourth-order valence-corrected chi connectivity index (χ4v) is 2.76. The zero-order valence-electron chi connectivity index (χ0n) is 16.1. The number of phenolic OH excluding ortho intramolecular Hbond substituents is 1. The number of hydrogen-bond donors (Lipinski definition) is 4. The number of benzene rings is 3. The number of nitrogens with zero attached hydrogens (tertiary/aromatic N) is 1. The first-order valence-electron chi connectivity index (χ1n) is 8.92. The maximum atomic E-state index is 12.3. The van der Waals surface area contributed by atoms with Gasteiger partial charge in [-0.1, -0.05) is 35.3 Å². The first kappa shape index (κ1) is 24.1. The standard InChI is InChI=1S/C19H12Cl2N2O4.C2H7NO/c20-16-9-15(18(24)10-17(16)21)19(25)22-13-5-1-11(2-6-13)12-3-7-14(8-4-12)23(26)27;3-1-2-4/h1-10,24H,(H,22,25);4H,1-3H2. The Labute approximate surface area is 188 Å². The van der Waals surface area contributed by atoms with Crippen molar-refractivity contribution in [1.29, 1.82) is 0 Å². The van der Waals surface area contributed by atoms with Gasteiger partial charge in [0.15, 0.2) is 0 Å². The van der Waals surface area contributed by atoms with Gasteiger partial charge in [-0.05, 0) is 41.5 Å². The fraction of sp³-hybridized carbons (Fsp3) is 0.0952. The summed E-state index contributed by atoms with van der Waals surface area (Å²) >= 11 is 11.7. The maximum Gasteiger partial charge on any atom is 0.269 e. The predicted molar refractivity (Wildman–Crippen MR) is 121 cm³/mol. The molecule has 0 unspecified atom stereocenters. The number of rotatable bonds is 5. The summed E-state index contributed by atoms with van der Waals surface area (Å²) in [5.41, 5.74) is 6.95. The van der Waals surface area contributed by atoms with Gasteiger partial charge in [0.1, 0.15) is 5.75 Å². The number of aromatic hydroxyl groups is 1. The van der Waals surface area contributed by atoms with E-state index in [9.17, 15) is 20.0 Å². The number of nitro benzene ring substituents is 1. The van der Waals surface area contributed by atoms with Crippen molar-refractivity contribution in [2.75, 3.05) is 18.5 Å². The molecule has 0 heterocycles. The largest absolute Gasteiger partial charge is 0.507 e. The van der Waals surface area contributed by atoms with Crippen LogP contribution in [0.3, 0.4) is 0 Å². The molecule has 3 aromatic rings. The first-order chi connectivity index (χ1) is 14.8. The molecule has 162 valence electrons. The SMILES string of the molecule is NCCO.O=C(Nc1ccc(-c2ccc([N+](=O)[O-])cc2)cc1)c1cc(Cl)c(Cl)cc1O. The average molecular weight is 464 g/mol. The van der Waals surface area contributed by atoms with Gasteiger partial charge < -0.3 is 21.3 Å². The van der Waals surface area contributed by atoms with E-state index in [1.807, 2.05) is 0 Å². The summed E-state index contributed by atoms with van der Waals surface area (Å²) in [4.78, 5) is 22.6. The lowest BCUT2D eigenvalue weighted by molar-refractivity contribution is -0.384. The molecule has 0 aliphatic heterocycles. The molecule has 0 spiro atoms. The zero-order chi connectivity index (χ0) is 23.0. The molecule has 0 radical (unpaired) electrons. The van der Waals surface area contributed by atoms with Crippen molar-refractivity contribution < 1.29 is 19.9 Å². The van der Waals surface area contributed by atoms with E-state index < -0.39 is 10.8 Å². The molecule has 8 nitrogen and oxygen atoms in total. The van der Waals surface area contributed by atoms with Crippen LogP contribution in [-0.4, -0.2) is 34.2 Å². The molecule has 0 fully saturated rings. The van der Waals surface area contributed by atoms with Gasteiger partial charge in [-0.25, -0.2) is 0 Å². The second-order valence-corrected chi connectivity index (χ2v) is 6.95. The number of anilines is 1. The Bertz CT molecular complexity index is 1060. The minimum Gasteiger partial charge on any atom is -0.507 e. The number of nitro groups is 1. The number of carbonyl (C=O) groups excluding carboxylic acids is 1. The van der Waals surface area contributed by atoms with Crippen LogP contribution in [0.25, 0.3) is 11.1 Å².